The Morgan fingerprint density at radius 2 is 1.89 bits per heavy atom. The summed E-state index contributed by atoms with van der Waals surface area (Å²) in [7, 11) is -3.13. The second-order valence-corrected chi connectivity index (χ2v) is 6.57. The molecule has 6 nitrogen and oxygen atoms in total. The van der Waals surface area contributed by atoms with Gasteiger partial charge in [-0.25, -0.2) is 23.1 Å². The molecule has 1 aromatic rings. The van der Waals surface area contributed by atoms with Gasteiger partial charge in [0, 0.05) is 19.1 Å². The molecule has 0 atom stereocenters. The van der Waals surface area contributed by atoms with Crippen molar-refractivity contribution in [2.75, 3.05) is 24.2 Å². The molecule has 1 N–H and O–H groups in total. The summed E-state index contributed by atoms with van der Waals surface area (Å²) in [5.74, 6) is 0.636. The fraction of sp³-hybridized carbons (Fsp3) is 0.600. The molecule has 18 heavy (non-hydrogen) atoms. The lowest BCUT2D eigenvalue weighted by molar-refractivity contribution is 0.458. The Morgan fingerprint density at radius 3 is 2.39 bits per heavy atom. The first-order valence-electron chi connectivity index (χ1n) is 5.64. The summed E-state index contributed by atoms with van der Waals surface area (Å²) in [6.07, 6.45) is 5.80. The Hall–Kier alpha value is -0.920. The molecular weight excluding hydrogens is 276 g/mol. The monoisotopic (exact) mass is 290 g/mol. The number of halogens is 1. The molecule has 100 valence electrons. The predicted molar refractivity (Wildman–Crippen MR) is 70.3 cm³/mol. The van der Waals surface area contributed by atoms with Crippen molar-refractivity contribution in [3.05, 3.63) is 17.4 Å². The van der Waals surface area contributed by atoms with Gasteiger partial charge in [-0.2, -0.15) is 0 Å². The normalized spacial score (nSPS) is 18.0. The van der Waals surface area contributed by atoms with Gasteiger partial charge in [0.05, 0.1) is 23.7 Å². The van der Waals surface area contributed by atoms with Crippen molar-refractivity contribution >= 4 is 27.6 Å². The van der Waals surface area contributed by atoms with Crippen molar-refractivity contribution < 1.29 is 8.42 Å². The van der Waals surface area contributed by atoms with Crippen molar-refractivity contribution in [1.29, 1.82) is 0 Å². The largest absolute Gasteiger partial charge is 0.341 e. The van der Waals surface area contributed by atoms with E-state index in [1.807, 2.05) is 4.90 Å². The van der Waals surface area contributed by atoms with E-state index in [-0.39, 0.29) is 6.04 Å². The van der Waals surface area contributed by atoms with Crippen LogP contribution >= 0.6 is 11.6 Å². The van der Waals surface area contributed by atoms with Gasteiger partial charge < -0.3 is 4.90 Å². The summed E-state index contributed by atoms with van der Waals surface area (Å²) in [5, 5.41) is 0.507. The van der Waals surface area contributed by atoms with Crippen LogP contribution < -0.4 is 9.62 Å². The molecule has 0 unspecified atom stereocenters. The Morgan fingerprint density at radius 1 is 1.33 bits per heavy atom. The van der Waals surface area contributed by atoms with E-state index in [2.05, 4.69) is 14.7 Å². The lowest BCUT2D eigenvalue weighted by Crippen LogP contribution is -2.44. The number of piperidine rings is 1. The molecule has 0 saturated carbocycles. The van der Waals surface area contributed by atoms with Gasteiger partial charge in [-0.05, 0) is 12.8 Å². The minimum absolute atomic E-state index is 0.00329. The molecule has 1 saturated heterocycles. The minimum Gasteiger partial charge on any atom is -0.341 e. The molecule has 1 aliphatic rings. The number of aromatic nitrogens is 2. The molecule has 0 spiro atoms. The van der Waals surface area contributed by atoms with Crippen LogP contribution in [0.2, 0.25) is 5.02 Å². The van der Waals surface area contributed by atoms with Crippen LogP contribution in [0.5, 0.6) is 0 Å². The standard InChI is InChI=1S/C10H15ClN4O2S/c1-18(16,17)14-9-2-4-15(5-3-9)10-12-6-8(11)7-13-10/h6-7,9,14H,2-5H2,1H3. The molecule has 2 rings (SSSR count). The Kier molecular flexibility index (Phi) is 4.04. The van der Waals surface area contributed by atoms with E-state index < -0.39 is 10.0 Å². The number of anilines is 1. The van der Waals surface area contributed by atoms with Gasteiger partial charge >= 0.3 is 0 Å². The third-order valence-electron chi connectivity index (χ3n) is 2.77. The molecule has 0 aromatic carbocycles. The van der Waals surface area contributed by atoms with E-state index in [4.69, 9.17) is 11.6 Å². The van der Waals surface area contributed by atoms with Crippen LogP contribution in [0.3, 0.4) is 0 Å². The molecule has 1 fully saturated rings. The first-order valence-corrected chi connectivity index (χ1v) is 7.91. The van der Waals surface area contributed by atoms with E-state index in [0.717, 1.165) is 25.9 Å². The fourth-order valence-corrected chi connectivity index (χ4v) is 2.91. The molecule has 0 amide bonds. The number of nitrogens with zero attached hydrogens (tertiary/aromatic N) is 3. The minimum atomic E-state index is -3.13. The van der Waals surface area contributed by atoms with E-state index in [1.54, 1.807) is 12.4 Å². The van der Waals surface area contributed by atoms with Crippen LogP contribution in [0.25, 0.3) is 0 Å². The zero-order valence-electron chi connectivity index (χ0n) is 10.0. The van der Waals surface area contributed by atoms with Crippen molar-refractivity contribution in [1.82, 2.24) is 14.7 Å². The summed E-state index contributed by atoms with van der Waals surface area (Å²) in [6, 6.07) is 0.00329. The number of hydrogen-bond acceptors (Lipinski definition) is 5. The van der Waals surface area contributed by atoms with E-state index in [9.17, 15) is 8.42 Å². The highest BCUT2D eigenvalue weighted by Gasteiger charge is 2.22. The zero-order valence-corrected chi connectivity index (χ0v) is 11.6. The smallest absolute Gasteiger partial charge is 0.225 e. The average Bonchev–Trinajstić information content (AvgIpc) is 2.29. The highest BCUT2D eigenvalue weighted by molar-refractivity contribution is 7.88. The molecular formula is C10H15ClN4O2S. The van der Waals surface area contributed by atoms with Crippen LogP contribution in [0.4, 0.5) is 5.95 Å². The second kappa shape index (κ2) is 5.38. The van der Waals surface area contributed by atoms with Gasteiger partial charge in [0.15, 0.2) is 0 Å². The third-order valence-corrected chi connectivity index (χ3v) is 3.72. The molecule has 0 radical (unpaired) electrons. The number of sulfonamides is 1. The van der Waals surface area contributed by atoms with Gasteiger partial charge in [0.25, 0.3) is 0 Å². The second-order valence-electron chi connectivity index (χ2n) is 4.35. The lowest BCUT2D eigenvalue weighted by atomic mass is 10.1. The summed E-state index contributed by atoms with van der Waals surface area (Å²) in [4.78, 5) is 10.3. The van der Waals surface area contributed by atoms with E-state index >= 15 is 0 Å². The molecule has 2 heterocycles. The first-order chi connectivity index (χ1) is 8.44. The van der Waals surface area contributed by atoms with Crippen LogP contribution in [-0.4, -0.2) is 43.8 Å². The van der Waals surface area contributed by atoms with Gasteiger partial charge in [-0.1, -0.05) is 11.6 Å². The van der Waals surface area contributed by atoms with E-state index in [0.29, 0.717) is 11.0 Å². The third kappa shape index (κ3) is 3.79. The van der Waals surface area contributed by atoms with Crippen molar-refractivity contribution in [3.8, 4) is 0 Å². The SMILES string of the molecule is CS(=O)(=O)NC1CCN(c2ncc(Cl)cn2)CC1. The number of rotatable bonds is 3. The van der Waals surface area contributed by atoms with Gasteiger partial charge in [0.2, 0.25) is 16.0 Å². The molecule has 0 bridgehead atoms. The number of hydrogen-bond donors (Lipinski definition) is 1. The zero-order chi connectivity index (χ0) is 13.2. The maximum absolute atomic E-state index is 11.1. The lowest BCUT2D eigenvalue weighted by Gasteiger charge is -2.31. The van der Waals surface area contributed by atoms with E-state index in [1.165, 1.54) is 6.26 Å². The summed E-state index contributed by atoms with van der Waals surface area (Å²) in [5.41, 5.74) is 0. The molecule has 1 aliphatic heterocycles. The average molecular weight is 291 g/mol. The van der Waals surface area contributed by atoms with Gasteiger partial charge in [-0.15, -0.1) is 0 Å². The van der Waals surface area contributed by atoms with Crippen LogP contribution in [-0.2, 0) is 10.0 Å². The quantitative estimate of drug-likeness (QED) is 0.884. The van der Waals surface area contributed by atoms with Crippen LogP contribution in [0, 0.1) is 0 Å². The highest BCUT2D eigenvalue weighted by atomic mass is 35.5. The predicted octanol–water partition coefficient (Wildman–Crippen LogP) is 0.648. The van der Waals surface area contributed by atoms with Gasteiger partial charge in [-0.3, -0.25) is 0 Å². The summed E-state index contributed by atoms with van der Waals surface area (Å²) < 4.78 is 24.9. The molecule has 8 heteroatoms. The van der Waals surface area contributed by atoms with Crippen LogP contribution in [0.15, 0.2) is 12.4 Å². The molecule has 1 aromatic heterocycles. The Labute approximate surface area is 111 Å². The first kappa shape index (κ1) is 13.5. The van der Waals surface area contributed by atoms with Crippen molar-refractivity contribution in [3.63, 3.8) is 0 Å². The molecule has 0 aliphatic carbocycles. The van der Waals surface area contributed by atoms with Crippen molar-refractivity contribution in [2.45, 2.75) is 18.9 Å². The van der Waals surface area contributed by atoms with Crippen LogP contribution in [0.1, 0.15) is 12.8 Å². The summed E-state index contributed by atoms with van der Waals surface area (Å²) in [6.45, 7) is 1.46. The summed E-state index contributed by atoms with van der Waals surface area (Å²) >= 11 is 5.73. The van der Waals surface area contributed by atoms with Gasteiger partial charge in [0.1, 0.15) is 0 Å². The highest BCUT2D eigenvalue weighted by Crippen LogP contribution is 2.17. The number of nitrogens with one attached hydrogen (secondary N) is 1. The Balaban J connectivity index is 1.92. The Bertz CT molecular complexity index is 497. The fourth-order valence-electron chi connectivity index (χ4n) is 1.97. The van der Waals surface area contributed by atoms with Crippen molar-refractivity contribution in [2.24, 2.45) is 0 Å². The maximum Gasteiger partial charge on any atom is 0.225 e. The maximum atomic E-state index is 11.1. The topological polar surface area (TPSA) is 75.2 Å².